The Morgan fingerprint density at radius 2 is 1.74 bits per heavy atom. The molecule has 0 aliphatic heterocycles. The molecule has 0 saturated carbocycles. The fourth-order valence-corrected chi connectivity index (χ4v) is 3.29. The third-order valence-corrected chi connectivity index (χ3v) is 5.08. The first-order valence-corrected chi connectivity index (χ1v) is 11.3. The summed E-state index contributed by atoms with van der Waals surface area (Å²) < 4.78 is 19.2. The Morgan fingerprint density at radius 3 is 2.43 bits per heavy atom. The monoisotopic (exact) mass is 474 g/mol. The molecule has 0 unspecified atom stereocenters. The van der Waals surface area contributed by atoms with Crippen LogP contribution in [0.15, 0.2) is 60.7 Å². The Morgan fingerprint density at radius 1 is 1.00 bits per heavy atom. The fourth-order valence-electron chi connectivity index (χ4n) is 3.29. The first-order chi connectivity index (χ1) is 16.9. The molecule has 2 aromatic carbocycles. The lowest BCUT2D eigenvalue weighted by Gasteiger charge is -2.13. The molecular formula is C26H27FN6O2. The first kappa shape index (κ1) is 24.0. The van der Waals surface area contributed by atoms with Gasteiger partial charge in [0.2, 0.25) is 17.7 Å². The van der Waals surface area contributed by atoms with Crippen molar-refractivity contribution in [1.29, 1.82) is 0 Å². The molecule has 0 atom stereocenters. The molecule has 2 heterocycles. The molecule has 0 spiro atoms. The van der Waals surface area contributed by atoms with Crippen molar-refractivity contribution in [3.8, 4) is 17.1 Å². The SMILES string of the molecule is CC(C)COc1nc(NCc2ccc(F)cc2)nc2ccc(-c3ccc(NC(=O)CN)cc3)nc12. The van der Waals surface area contributed by atoms with Gasteiger partial charge in [0.15, 0.2) is 5.52 Å². The zero-order chi connectivity index (χ0) is 24.8. The average Bonchev–Trinajstić information content (AvgIpc) is 2.87. The van der Waals surface area contributed by atoms with Crippen molar-refractivity contribution in [3.05, 3.63) is 72.0 Å². The highest BCUT2D eigenvalue weighted by Gasteiger charge is 2.13. The van der Waals surface area contributed by atoms with E-state index >= 15 is 0 Å². The number of rotatable bonds is 9. The highest BCUT2D eigenvalue weighted by molar-refractivity contribution is 5.92. The minimum atomic E-state index is -0.281. The topological polar surface area (TPSA) is 115 Å². The van der Waals surface area contributed by atoms with E-state index in [1.54, 1.807) is 24.3 Å². The van der Waals surface area contributed by atoms with Crippen LogP contribution in [0.1, 0.15) is 19.4 Å². The third-order valence-electron chi connectivity index (χ3n) is 5.08. The second-order valence-corrected chi connectivity index (χ2v) is 8.43. The van der Waals surface area contributed by atoms with E-state index in [0.717, 1.165) is 16.8 Å². The lowest BCUT2D eigenvalue weighted by molar-refractivity contribution is -0.114. The molecule has 0 radical (unpaired) electrons. The largest absolute Gasteiger partial charge is 0.476 e. The minimum absolute atomic E-state index is 0.0755. The summed E-state index contributed by atoms with van der Waals surface area (Å²) in [6.07, 6.45) is 0. The van der Waals surface area contributed by atoms with Gasteiger partial charge >= 0.3 is 0 Å². The van der Waals surface area contributed by atoms with E-state index in [1.807, 2.05) is 24.3 Å². The predicted molar refractivity (Wildman–Crippen MR) is 135 cm³/mol. The van der Waals surface area contributed by atoms with E-state index in [2.05, 4.69) is 34.4 Å². The van der Waals surface area contributed by atoms with Gasteiger partial charge in [-0.1, -0.05) is 38.1 Å². The molecule has 8 nitrogen and oxygen atoms in total. The lowest BCUT2D eigenvalue weighted by atomic mass is 10.1. The van der Waals surface area contributed by atoms with E-state index in [9.17, 15) is 9.18 Å². The van der Waals surface area contributed by atoms with E-state index in [0.29, 0.717) is 47.6 Å². The van der Waals surface area contributed by atoms with Crippen molar-refractivity contribution >= 4 is 28.6 Å². The van der Waals surface area contributed by atoms with Gasteiger partial charge in [-0.2, -0.15) is 4.98 Å². The van der Waals surface area contributed by atoms with Crippen LogP contribution in [0.4, 0.5) is 16.0 Å². The highest BCUT2D eigenvalue weighted by atomic mass is 19.1. The zero-order valence-electron chi connectivity index (χ0n) is 19.6. The molecule has 4 rings (SSSR count). The average molecular weight is 475 g/mol. The smallest absolute Gasteiger partial charge is 0.245 e. The number of hydrogen-bond acceptors (Lipinski definition) is 7. The Labute approximate surface area is 202 Å². The van der Waals surface area contributed by atoms with Gasteiger partial charge in [0.25, 0.3) is 0 Å². The van der Waals surface area contributed by atoms with Crippen molar-refractivity contribution < 1.29 is 13.9 Å². The quantitative estimate of drug-likeness (QED) is 0.330. The van der Waals surface area contributed by atoms with E-state index in [-0.39, 0.29) is 18.3 Å². The number of nitrogens with two attached hydrogens (primary N) is 1. The van der Waals surface area contributed by atoms with Crippen molar-refractivity contribution in [2.75, 3.05) is 23.8 Å². The van der Waals surface area contributed by atoms with Crippen molar-refractivity contribution in [2.24, 2.45) is 11.7 Å². The van der Waals surface area contributed by atoms with Gasteiger partial charge in [-0.3, -0.25) is 4.79 Å². The molecule has 9 heteroatoms. The summed E-state index contributed by atoms with van der Waals surface area (Å²) in [4.78, 5) is 25.4. The second-order valence-electron chi connectivity index (χ2n) is 8.43. The number of ether oxygens (including phenoxy) is 1. The predicted octanol–water partition coefficient (Wildman–Crippen LogP) is 4.38. The highest BCUT2D eigenvalue weighted by Crippen LogP contribution is 2.27. The van der Waals surface area contributed by atoms with Crippen LogP contribution in [0.2, 0.25) is 0 Å². The van der Waals surface area contributed by atoms with Crippen LogP contribution in [-0.4, -0.2) is 34.0 Å². The molecule has 4 N–H and O–H groups in total. The zero-order valence-corrected chi connectivity index (χ0v) is 19.6. The Bertz CT molecular complexity index is 1310. The maximum Gasteiger partial charge on any atom is 0.245 e. The van der Waals surface area contributed by atoms with Gasteiger partial charge in [-0.15, -0.1) is 0 Å². The Hall–Kier alpha value is -4.11. The second kappa shape index (κ2) is 10.9. The molecule has 35 heavy (non-hydrogen) atoms. The number of fused-ring (bicyclic) bond motifs is 1. The fraction of sp³-hybridized carbons (Fsp3) is 0.231. The molecule has 180 valence electrons. The van der Waals surface area contributed by atoms with E-state index < -0.39 is 0 Å². The summed E-state index contributed by atoms with van der Waals surface area (Å²) in [6, 6.07) is 17.3. The minimum Gasteiger partial charge on any atom is -0.476 e. The van der Waals surface area contributed by atoms with Crippen LogP contribution in [0, 0.1) is 11.7 Å². The Kier molecular flexibility index (Phi) is 7.47. The molecule has 2 aromatic heterocycles. The van der Waals surface area contributed by atoms with Crippen molar-refractivity contribution in [1.82, 2.24) is 15.0 Å². The van der Waals surface area contributed by atoms with Gasteiger partial charge in [-0.05, 0) is 47.9 Å². The molecule has 4 aromatic rings. The Balaban J connectivity index is 1.62. The van der Waals surface area contributed by atoms with Gasteiger partial charge in [0.1, 0.15) is 5.82 Å². The number of benzene rings is 2. The third kappa shape index (κ3) is 6.27. The molecule has 0 aliphatic rings. The number of amides is 1. The van der Waals surface area contributed by atoms with Gasteiger partial charge < -0.3 is 21.1 Å². The lowest BCUT2D eigenvalue weighted by Crippen LogP contribution is -2.21. The van der Waals surface area contributed by atoms with Crippen LogP contribution >= 0.6 is 0 Å². The number of hydrogen-bond donors (Lipinski definition) is 3. The molecule has 1 amide bonds. The number of pyridine rings is 1. The van der Waals surface area contributed by atoms with Crippen molar-refractivity contribution in [2.45, 2.75) is 20.4 Å². The van der Waals surface area contributed by atoms with E-state index in [1.165, 1.54) is 12.1 Å². The van der Waals surface area contributed by atoms with Crippen molar-refractivity contribution in [3.63, 3.8) is 0 Å². The summed E-state index contributed by atoms with van der Waals surface area (Å²) in [6.45, 7) is 4.95. The van der Waals surface area contributed by atoms with E-state index in [4.69, 9.17) is 15.5 Å². The van der Waals surface area contributed by atoms with Crippen LogP contribution < -0.4 is 21.1 Å². The number of aromatic nitrogens is 3. The van der Waals surface area contributed by atoms with Gasteiger partial charge in [0.05, 0.1) is 24.4 Å². The molecular weight excluding hydrogens is 447 g/mol. The maximum atomic E-state index is 13.2. The number of halogens is 1. The summed E-state index contributed by atoms with van der Waals surface area (Å²) in [5.41, 5.74) is 9.69. The molecule has 0 bridgehead atoms. The number of nitrogens with one attached hydrogen (secondary N) is 2. The number of anilines is 2. The van der Waals surface area contributed by atoms with Gasteiger partial charge in [-0.25, -0.2) is 14.4 Å². The molecule has 0 aliphatic carbocycles. The standard InChI is InChI=1S/C26H27FN6O2/c1-16(2)15-35-25-24-22(32-26(33-25)29-14-17-3-7-19(27)8-4-17)12-11-21(31-24)18-5-9-20(10-6-18)30-23(34)13-28/h3-12,16H,13-15,28H2,1-2H3,(H,30,34)(H,29,32,33). The number of carbonyl (C=O) groups excluding carboxylic acids is 1. The number of carbonyl (C=O) groups is 1. The maximum absolute atomic E-state index is 13.2. The number of nitrogens with zero attached hydrogens (tertiary/aromatic N) is 3. The summed E-state index contributed by atoms with van der Waals surface area (Å²) >= 11 is 0. The summed E-state index contributed by atoms with van der Waals surface area (Å²) in [5.74, 6) is 0.552. The molecule has 0 saturated heterocycles. The van der Waals surface area contributed by atoms with Crippen LogP contribution in [0.3, 0.4) is 0 Å². The summed E-state index contributed by atoms with van der Waals surface area (Å²) in [5, 5.41) is 5.90. The first-order valence-electron chi connectivity index (χ1n) is 11.3. The van der Waals surface area contributed by atoms with Crippen LogP contribution in [0.25, 0.3) is 22.3 Å². The normalized spacial score (nSPS) is 11.0. The summed E-state index contributed by atoms with van der Waals surface area (Å²) in [7, 11) is 0. The van der Waals surface area contributed by atoms with Crippen LogP contribution in [-0.2, 0) is 11.3 Å². The van der Waals surface area contributed by atoms with Crippen LogP contribution in [0.5, 0.6) is 5.88 Å². The molecule has 0 fully saturated rings. The van der Waals surface area contributed by atoms with Gasteiger partial charge in [0, 0.05) is 17.8 Å².